The molecule has 0 aliphatic rings. The highest BCUT2D eigenvalue weighted by Crippen LogP contribution is 2.29. The van der Waals surface area contributed by atoms with Crippen molar-refractivity contribution in [2.75, 3.05) is 5.88 Å². The summed E-state index contributed by atoms with van der Waals surface area (Å²) in [7, 11) is 0. The molecule has 2 aromatic heterocycles. The van der Waals surface area contributed by atoms with E-state index in [1.165, 1.54) is 30.2 Å². The van der Waals surface area contributed by atoms with Crippen molar-refractivity contribution in [3.63, 3.8) is 0 Å². The molecule has 0 saturated carbocycles. The average Bonchev–Trinajstić information content (AvgIpc) is 2.96. The number of hydrogen-bond acceptors (Lipinski definition) is 7. The fourth-order valence-corrected chi connectivity index (χ4v) is 2.97. The van der Waals surface area contributed by atoms with Crippen LogP contribution in [0.15, 0.2) is 17.5 Å². The zero-order chi connectivity index (χ0) is 15.4. The molecule has 2 heterocycles. The number of Topliss-reactive ketones (excluding diaryl/α,β-unsaturated/α-hetero) is 1. The monoisotopic (exact) mass is 322 g/mol. The number of aromatic nitrogens is 2. The molecule has 0 aromatic carbocycles. The van der Waals surface area contributed by atoms with E-state index in [1.807, 2.05) is 11.4 Å². The molecular formula is C13H16N5OS2+. The van der Waals surface area contributed by atoms with Crippen molar-refractivity contribution in [3.05, 3.63) is 28.8 Å². The number of ketones is 1. The maximum Gasteiger partial charge on any atom is 0.394 e. The molecule has 8 heteroatoms. The molecule has 4 N–H and O–H groups in total. The lowest BCUT2D eigenvalue weighted by molar-refractivity contribution is -0.226. The normalized spacial score (nSPS) is 10.6. The van der Waals surface area contributed by atoms with Crippen LogP contribution in [0.2, 0.25) is 0 Å². The summed E-state index contributed by atoms with van der Waals surface area (Å²) >= 11 is 2.80. The van der Waals surface area contributed by atoms with Gasteiger partial charge in [-0.1, -0.05) is 6.07 Å². The molecule has 0 amide bonds. The van der Waals surface area contributed by atoms with E-state index in [1.54, 1.807) is 10.0 Å². The largest absolute Gasteiger partial charge is 0.394 e. The SMILES string of the molecule is C=[N+](SCN)c1nc(-c2nc(C(C)=O)ccc2CN)cs1. The highest BCUT2D eigenvalue weighted by atomic mass is 32.2. The minimum atomic E-state index is -0.0900. The molecule has 0 spiro atoms. The molecule has 0 bridgehead atoms. The van der Waals surface area contributed by atoms with Crippen LogP contribution in [0.5, 0.6) is 0 Å². The quantitative estimate of drug-likeness (QED) is 0.276. The van der Waals surface area contributed by atoms with E-state index >= 15 is 0 Å². The van der Waals surface area contributed by atoms with Crippen molar-refractivity contribution >= 4 is 40.9 Å². The first kappa shape index (κ1) is 15.8. The Balaban J connectivity index is 2.43. The van der Waals surface area contributed by atoms with E-state index in [0.29, 0.717) is 29.5 Å². The second-order valence-electron chi connectivity index (χ2n) is 4.15. The summed E-state index contributed by atoms with van der Waals surface area (Å²) in [6.45, 7) is 5.67. The second-order valence-corrected chi connectivity index (χ2v) is 6.02. The van der Waals surface area contributed by atoms with Gasteiger partial charge < -0.3 is 11.5 Å². The van der Waals surface area contributed by atoms with Crippen LogP contribution >= 0.6 is 23.3 Å². The Bertz CT molecular complexity index is 683. The number of nitrogens with zero attached hydrogens (tertiary/aromatic N) is 3. The second kappa shape index (κ2) is 6.90. The van der Waals surface area contributed by atoms with E-state index in [0.717, 1.165) is 10.7 Å². The number of hydrogen-bond donors (Lipinski definition) is 2. The van der Waals surface area contributed by atoms with E-state index in [-0.39, 0.29) is 5.78 Å². The third-order valence-corrected chi connectivity index (χ3v) is 4.35. The van der Waals surface area contributed by atoms with E-state index < -0.39 is 0 Å². The standard InChI is InChI=1S/C13H16N5OS2/c1-8(19)10-4-3-9(5-14)12(16-10)11-6-20-13(17-11)18(2)21-7-15/h3-4,6H,2,5,7,14-15H2,1H3/q+1. The Morgan fingerprint density at radius 1 is 1.43 bits per heavy atom. The van der Waals surface area contributed by atoms with Gasteiger partial charge in [0.15, 0.2) is 5.78 Å². The first-order valence-corrected chi connectivity index (χ1v) is 7.99. The Labute approximate surface area is 131 Å². The van der Waals surface area contributed by atoms with E-state index in [9.17, 15) is 4.79 Å². The van der Waals surface area contributed by atoms with Gasteiger partial charge in [-0.3, -0.25) is 4.79 Å². The summed E-state index contributed by atoms with van der Waals surface area (Å²) in [6, 6.07) is 3.49. The van der Waals surface area contributed by atoms with Crippen LogP contribution in [-0.2, 0) is 6.54 Å². The molecular weight excluding hydrogens is 306 g/mol. The Kier molecular flexibility index (Phi) is 5.18. The van der Waals surface area contributed by atoms with Crippen molar-refractivity contribution in [2.24, 2.45) is 11.5 Å². The fourth-order valence-electron chi connectivity index (χ4n) is 1.70. The third-order valence-electron chi connectivity index (χ3n) is 2.74. The van der Waals surface area contributed by atoms with Gasteiger partial charge in [0.1, 0.15) is 11.4 Å². The van der Waals surface area contributed by atoms with Crippen LogP contribution in [0.3, 0.4) is 0 Å². The first-order chi connectivity index (χ1) is 10.1. The van der Waals surface area contributed by atoms with Crippen LogP contribution in [0, 0.1) is 0 Å². The molecule has 0 aliphatic carbocycles. The summed E-state index contributed by atoms with van der Waals surface area (Å²) in [5.41, 5.74) is 13.8. The maximum atomic E-state index is 11.5. The van der Waals surface area contributed by atoms with Crippen LogP contribution < -0.4 is 11.5 Å². The molecule has 0 radical (unpaired) electrons. The van der Waals surface area contributed by atoms with Gasteiger partial charge in [-0.2, -0.15) is 3.98 Å². The third kappa shape index (κ3) is 3.53. The molecule has 0 unspecified atom stereocenters. The number of rotatable bonds is 6. The topological polar surface area (TPSA) is 97.9 Å². The number of pyridine rings is 1. The van der Waals surface area contributed by atoms with Crippen molar-refractivity contribution in [1.29, 1.82) is 0 Å². The number of carbonyl (C=O) groups is 1. The lowest BCUT2D eigenvalue weighted by Crippen LogP contribution is -2.05. The summed E-state index contributed by atoms with van der Waals surface area (Å²) in [5.74, 6) is 0.331. The maximum absolute atomic E-state index is 11.5. The Hall–Kier alpha value is -1.61. The van der Waals surface area contributed by atoms with Gasteiger partial charge in [0.25, 0.3) is 0 Å². The van der Waals surface area contributed by atoms with Crippen LogP contribution in [0.1, 0.15) is 23.0 Å². The highest BCUT2D eigenvalue weighted by molar-refractivity contribution is 7.93. The lowest BCUT2D eigenvalue weighted by Gasteiger charge is -2.03. The van der Waals surface area contributed by atoms with Gasteiger partial charge in [0.2, 0.25) is 5.69 Å². The fraction of sp³-hybridized carbons (Fsp3) is 0.231. The van der Waals surface area contributed by atoms with Gasteiger partial charge >= 0.3 is 5.13 Å². The lowest BCUT2D eigenvalue weighted by atomic mass is 10.1. The van der Waals surface area contributed by atoms with Gasteiger partial charge in [-0.15, -0.1) is 0 Å². The summed E-state index contributed by atoms with van der Waals surface area (Å²) in [4.78, 5) is 20.3. The average molecular weight is 322 g/mol. The van der Waals surface area contributed by atoms with Gasteiger partial charge in [-0.25, -0.2) is 4.98 Å². The van der Waals surface area contributed by atoms with Gasteiger partial charge in [0, 0.05) is 13.5 Å². The molecule has 0 saturated heterocycles. The first-order valence-electron chi connectivity index (χ1n) is 6.17. The summed E-state index contributed by atoms with van der Waals surface area (Å²) in [5, 5.41) is 2.59. The molecule has 0 fully saturated rings. The van der Waals surface area contributed by atoms with Crippen molar-refractivity contribution in [3.8, 4) is 11.4 Å². The van der Waals surface area contributed by atoms with E-state index in [4.69, 9.17) is 11.5 Å². The van der Waals surface area contributed by atoms with Crippen molar-refractivity contribution in [1.82, 2.24) is 9.97 Å². The summed E-state index contributed by atoms with van der Waals surface area (Å²) < 4.78 is 1.66. The van der Waals surface area contributed by atoms with Gasteiger partial charge in [0.05, 0.1) is 29.9 Å². The zero-order valence-corrected chi connectivity index (χ0v) is 13.2. The molecule has 0 atom stereocenters. The predicted octanol–water partition coefficient (Wildman–Crippen LogP) is 1.78. The van der Waals surface area contributed by atoms with Crippen LogP contribution in [0.25, 0.3) is 11.4 Å². The minimum absolute atomic E-state index is 0.0900. The molecule has 0 aliphatic heterocycles. The minimum Gasteiger partial charge on any atom is -0.326 e. The van der Waals surface area contributed by atoms with E-state index in [2.05, 4.69) is 16.7 Å². The smallest absolute Gasteiger partial charge is 0.326 e. The highest BCUT2D eigenvalue weighted by Gasteiger charge is 2.20. The molecule has 6 nitrogen and oxygen atoms in total. The molecule has 110 valence electrons. The van der Waals surface area contributed by atoms with Crippen molar-refractivity contribution < 1.29 is 8.78 Å². The Morgan fingerprint density at radius 3 is 2.81 bits per heavy atom. The Morgan fingerprint density at radius 2 is 2.19 bits per heavy atom. The number of nitrogens with two attached hydrogens (primary N) is 2. The molecule has 2 rings (SSSR count). The number of carbonyl (C=O) groups excluding carboxylic acids is 1. The van der Waals surface area contributed by atoms with Crippen LogP contribution in [0.4, 0.5) is 5.13 Å². The summed E-state index contributed by atoms with van der Waals surface area (Å²) in [6.07, 6.45) is 0. The molecule has 21 heavy (non-hydrogen) atoms. The number of thiazole rings is 1. The zero-order valence-electron chi connectivity index (χ0n) is 11.6. The molecule has 2 aromatic rings. The van der Waals surface area contributed by atoms with Gasteiger partial charge in [-0.05, 0) is 28.0 Å². The van der Waals surface area contributed by atoms with Crippen LogP contribution in [-0.4, -0.2) is 32.3 Å². The predicted molar refractivity (Wildman–Crippen MR) is 86.9 cm³/mol. The van der Waals surface area contributed by atoms with Crippen molar-refractivity contribution in [2.45, 2.75) is 13.5 Å².